The normalized spacial score (nSPS) is 36.5. The molecule has 3 aliphatic rings. The van der Waals surface area contributed by atoms with Gasteiger partial charge in [-0.15, -0.1) is 0 Å². The van der Waals surface area contributed by atoms with Gasteiger partial charge in [0, 0.05) is 24.3 Å². The van der Waals surface area contributed by atoms with Crippen molar-refractivity contribution in [1.82, 2.24) is 5.32 Å². The van der Waals surface area contributed by atoms with Crippen molar-refractivity contribution in [2.24, 2.45) is 11.8 Å². The zero-order valence-electron chi connectivity index (χ0n) is 13.5. The Morgan fingerprint density at radius 3 is 3.00 bits per heavy atom. The van der Waals surface area contributed by atoms with Crippen LogP contribution in [0.5, 0.6) is 5.75 Å². The van der Waals surface area contributed by atoms with E-state index in [1.165, 1.54) is 11.1 Å². The van der Waals surface area contributed by atoms with E-state index in [0.29, 0.717) is 23.7 Å². The van der Waals surface area contributed by atoms with E-state index >= 15 is 0 Å². The van der Waals surface area contributed by atoms with Crippen molar-refractivity contribution < 1.29 is 9.53 Å². The number of piperidine rings is 1. The lowest BCUT2D eigenvalue weighted by Gasteiger charge is -2.58. The van der Waals surface area contributed by atoms with Gasteiger partial charge in [-0.1, -0.05) is 19.4 Å². The van der Waals surface area contributed by atoms with E-state index < -0.39 is 0 Å². The molecule has 1 unspecified atom stereocenters. The molecule has 118 valence electrons. The fraction of sp³-hybridized carbons (Fsp3) is 0.632. The Hall–Kier alpha value is -1.35. The number of Topliss-reactive ketones (excluding diaryl/α,β-unsaturated/α-hetero) is 1. The second kappa shape index (κ2) is 5.09. The molecule has 1 aromatic carbocycles. The van der Waals surface area contributed by atoms with E-state index in [2.05, 4.69) is 30.4 Å². The Labute approximate surface area is 132 Å². The van der Waals surface area contributed by atoms with E-state index in [1.54, 1.807) is 7.11 Å². The topological polar surface area (TPSA) is 38.3 Å². The summed E-state index contributed by atoms with van der Waals surface area (Å²) >= 11 is 0. The summed E-state index contributed by atoms with van der Waals surface area (Å²) in [5, 5.41) is 3.75. The number of carbonyl (C=O) groups is 1. The third-order valence-electron chi connectivity index (χ3n) is 6.38. The van der Waals surface area contributed by atoms with E-state index in [4.69, 9.17) is 4.74 Å². The van der Waals surface area contributed by atoms with Crippen LogP contribution in [0.2, 0.25) is 0 Å². The molecule has 3 nitrogen and oxygen atoms in total. The molecule has 1 heterocycles. The van der Waals surface area contributed by atoms with E-state index in [-0.39, 0.29) is 5.41 Å². The summed E-state index contributed by atoms with van der Waals surface area (Å²) in [6, 6.07) is 7.03. The van der Waals surface area contributed by atoms with Gasteiger partial charge in [-0.2, -0.15) is 0 Å². The number of rotatable bonds is 2. The van der Waals surface area contributed by atoms with Crippen molar-refractivity contribution in [1.29, 1.82) is 0 Å². The van der Waals surface area contributed by atoms with Crippen molar-refractivity contribution in [3.8, 4) is 5.75 Å². The monoisotopic (exact) mass is 299 g/mol. The first kappa shape index (κ1) is 14.3. The van der Waals surface area contributed by atoms with Crippen molar-refractivity contribution in [3.63, 3.8) is 0 Å². The first-order valence-corrected chi connectivity index (χ1v) is 8.60. The van der Waals surface area contributed by atoms with E-state index in [1.807, 2.05) is 0 Å². The number of fused-ring (bicyclic) bond motifs is 1. The van der Waals surface area contributed by atoms with Crippen LogP contribution >= 0.6 is 0 Å². The molecule has 2 aliphatic carbocycles. The zero-order valence-corrected chi connectivity index (χ0v) is 13.5. The predicted molar refractivity (Wildman–Crippen MR) is 86.3 cm³/mol. The number of hydrogen-bond donors (Lipinski definition) is 1. The molecule has 0 aromatic heterocycles. The quantitative estimate of drug-likeness (QED) is 0.912. The first-order valence-electron chi connectivity index (χ1n) is 8.60. The Balaban J connectivity index is 1.90. The maximum atomic E-state index is 12.5. The molecular weight excluding hydrogens is 274 g/mol. The molecule has 1 saturated carbocycles. The molecule has 0 radical (unpaired) electrons. The Kier molecular flexibility index (Phi) is 3.30. The highest BCUT2D eigenvalue weighted by molar-refractivity contribution is 5.82. The van der Waals surface area contributed by atoms with Gasteiger partial charge in [0.1, 0.15) is 11.5 Å². The number of carbonyl (C=O) groups excluding carboxylic acids is 1. The fourth-order valence-electron chi connectivity index (χ4n) is 5.56. The predicted octanol–water partition coefficient (Wildman–Crippen LogP) is 2.86. The SMILES string of the molecule is CCC1CC(=O)C[C@]23CCN[C@H](Cc4ccc(OC)cc42)[C@H]13. The lowest BCUT2D eigenvalue weighted by atomic mass is 9.49. The van der Waals surface area contributed by atoms with Gasteiger partial charge in [-0.3, -0.25) is 4.79 Å². The molecule has 2 bridgehead atoms. The highest BCUT2D eigenvalue weighted by Gasteiger charge is 2.56. The second-order valence-corrected chi connectivity index (χ2v) is 7.31. The lowest BCUT2D eigenvalue weighted by Crippen LogP contribution is -2.63. The van der Waals surface area contributed by atoms with Gasteiger partial charge in [0.05, 0.1) is 7.11 Å². The number of ether oxygens (including phenoxy) is 1. The number of ketones is 1. The van der Waals surface area contributed by atoms with Crippen LogP contribution in [0.15, 0.2) is 18.2 Å². The molecule has 4 atom stereocenters. The molecule has 1 aromatic rings. The van der Waals surface area contributed by atoms with Crippen LogP contribution in [0.4, 0.5) is 0 Å². The second-order valence-electron chi connectivity index (χ2n) is 7.31. The summed E-state index contributed by atoms with van der Waals surface area (Å²) in [7, 11) is 1.73. The van der Waals surface area contributed by atoms with Crippen LogP contribution in [-0.4, -0.2) is 25.5 Å². The van der Waals surface area contributed by atoms with Crippen molar-refractivity contribution in [3.05, 3.63) is 29.3 Å². The summed E-state index contributed by atoms with van der Waals surface area (Å²) in [5.74, 6) is 2.51. The summed E-state index contributed by atoms with van der Waals surface area (Å²) in [5.41, 5.74) is 2.87. The highest BCUT2D eigenvalue weighted by atomic mass is 16.5. The summed E-state index contributed by atoms with van der Waals surface area (Å²) in [4.78, 5) is 12.5. The summed E-state index contributed by atoms with van der Waals surface area (Å²) < 4.78 is 5.47. The lowest BCUT2D eigenvalue weighted by molar-refractivity contribution is -0.128. The van der Waals surface area contributed by atoms with E-state index in [9.17, 15) is 4.79 Å². The molecule has 1 aliphatic heterocycles. The van der Waals surface area contributed by atoms with E-state index in [0.717, 1.165) is 44.4 Å². The third kappa shape index (κ3) is 1.88. The standard InChI is InChI=1S/C19H25NO2/c1-3-12-8-14(21)11-19-6-7-20-17(18(12)19)9-13-4-5-15(22-2)10-16(13)19/h4-5,10,12,17-18,20H,3,6-9,11H2,1-2H3/t12?,17-,18+,19-/m1/s1. The molecule has 1 saturated heterocycles. The van der Waals surface area contributed by atoms with Gasteiger partial charge >= 0.3 is 0 Å². The number of methoxy groups -OCH3 is 1. The number of nitrogens with one attached hydrogen (secondary N) is 1. The number of hydrogen-bond acceptors (Lipinski definition) is 3. The van der Waals surface area contributed by atoms with Crippen LogP contribution in [-0.2, 0) is 16.6 Å². The maximum absolute atomic E-state index is 12.5. The molecule has 3 heteroatoms. The molecule has 1 N–H and O–H groups in total. The van der Waals surface area contributed by atoms with Crippen LogP contribution in [0.25, 0.3) is 0 Å². The van der Waals surface area contributed by atoms with Gasteiger partial charge < -0.3 is 10.1 Å². The van der Waals surface area contributed by atoms with Gasteiger partial charge in [-0.05, 0) is 54.5 Å². The minimum absolute atomic E-state index is 0.0497. The molecule has 22 heavy (non-hydrogen) atoms. The molecular formula is C19H25NO2. The molecule has 4 rings (SSSR count). The number of benzene rings is 1. The summed E-state index contributed by atoms with van der Waals surface area (Å²) in [6.07, 6.45) is 4.79. The Morgan fingerprint density at radius 2 is 2.23 bits per heavy atom. The van der Waals surface area contributed by atoms with Gasteiger partial charge in [0.2, 0.25) is 0 Å². The molecule has 0 spiro atoms. The zero-order chi connectivity index (χ0) is 15.3. The Morgan fingerprint density at radius 1 is 1.36 bits per heavy atom. The summed E-state index contributed by atoms with van der Waals surface area (Å²) in [6.45, 7) is 3.27. The fourth-order valence-corrected chi connectivity index (χ4v) is 5.56. The van der Waals surface area contributed by atoms with Gasteiger partial charge in [-0.25, -0.2) is 0 Å². The van der Waals surface area contributed by atoms with Crippen LogP contribution in [0, 0.1) is 11.8 Å². The molecule has 0 amide bonds. The first-order chi connectivity index (χ1) is 10.7. The minimum Gasteiger partial charge on any atom is -0.497 e. The van der Waals surface area contributed by atoms with Crippen molar-refractivity contribution >= 4 is 5.78 Å². The highest BCUT2D eigenvalue weighted by Crippen LogP contribution is 2.56. The van der Waals surface area contributed by atoms with Gasteiger partial charge in [0.25, 0.3) is 0 Å². The van der Waals surface area contributed by atoms with Crippen molar-refractivity contribution in [2.45, 2.75) is 50.5 Å². The largest absolute Gasteiger partial charge is 0.497 e. The average molecular weight is 299 g/mol. The average Bonchev–Trinajstić information content (AvgIpc) is 2.53. The molecule has 2 fully saturated rings. The third-order valence-corrected chi connectivity index (χ3v) is 6.38. The van der Waals surface area contributed by atoms with Crippen LogP contribution in [0.1, 0.15) is 43.7 Å². The smallest absolute Gasteiger partial charge is 0.134 e. The van der Waals surface area contributed by atoms with Gasteiger partial charge in [0.15, 0.2) is 0 Å². The Bertz CT molecular complexity index is 611. The van der Waals surface area contributed by atoms with Crippen LogP contribution < -0.4 is 10.1 Å². The maximum Gasteiger partial charge on any atom is 0.134 e. The van der Waals surface area contributed by atoms with Crippen LogP contribution in [0.3, 0.4) is 0 Å². The van der Waals surface area contributed by atoms with Crippen molar-refractivity contribution in [2.75, 3.05) is 13.7 Å². The minimum atomic E-state index is 0.0497.